The number of benzene rings is 2. The zero-order valence-corrected chi connectivity index (χ0v) is 29.5. The van der Waals surface area contributed by atoms with Crippen molar-refractivity contribution in [3.05, 3.63) is 100 Å². The summed E-state index contributed by atoms with van der Waals surface area (Å²) in [7, 11) is 0. The largest absolute Gasteiger partial charge is 2.00 e. The fraction of sp³-hybridized carbons (Fsp3) is 0.467. The number of hydrogen-bond donors (Lipinski definition) is 0. The molecule has 0 atom stereocenters. The summed E-state index contributed by atoms with van der Waals surface area (Å²) >= 11 is 0. The van der Waals surface area contributed by atoms with Gasteiger partial charge in [0.1, 0.15) is 0 Å². The summed E-state index contributed by atoms with van der Waals surface area (Å²) in [6.45, 7) is 16.0. The minimum atomic E-state index is 0. The Morgan fingerprint density at radius 2 is 0.531 bits per heavy atom. The molecule has 4 rings (SSSR count). The molecule has 0 aliphatic heterocycles. The summed E-state index contributed by atoms with van der Waals surface area (Å²) in [5, 5.41) is 0. The van der Waals surface area contributed by atoms with Crippen molar-refractivity contribution in [2.24, 2.45) is 0 Å². The predicted molar refractivity (Wildman–Crippen MR) is 148 cm³/mol. The molecular formula is C30H56W2. The molecular weight excluding hydrogens is 728 g/mol. The fourth-order valence-corrected chi connectivity index (χ4v) is 3.03. The maximum atomic E-state index is 2.24. The van der Waals surface area contributed by atoms with Gasteiger partial charge in [-0.05, 0) is 60.8 Å². The van der Waals surface area contributed by atoms with Crippen molar-refractivity contribution in [1.29, 1.82) is 0 Å². The van der Waals surface area contributed by atoms with E-state index in [1.54, 1.807) is 22.3 Å². The van der Waals surface area contributed by atoms with Crippen LogP contribution in [0.2, 0.25) is 0 Å². The zero-order chi connectivity index (χ0) is 20.2. The number of fused-ring (bicyclic) bond motifs is 2. The molecule has 0 bridgehead atoms. The van der Waals surface area contributed by atoms with Crippen LogP contribution in [-0.2, 0) is 67.8 Å². The van der Waals surface area contributed by atoms with E-state index in [1.165, 1.54) is 38.5 Å². The van der Waals surface area contributed by atoms with E-state index in [0.29, 0.717) is 0 Å². The molecule has 2 heteroatoms. The normalized spacial score (nSPS) is 9.50. The van der Waals surface area contributed by atoms with Gasteiger partial charge < -0.3 is 29.7 Å². The Kier molecular flexibility index (Phi) is 68.4. The first kappa shape index (κ1) is 53.3. The molecule has 188 valence electrons. The van der Waals surface area contributed by atoms with E-state index in [0.717, 1.165) is 0 Å². The van der Waals surface area contributed by atoms with Gasteiger partial charge in [0, 0.05) is 0 Å². The Bertz CT molecular complexity index is 440. The van der Waals surface area contributed by atoms with Gasteiger partial charge in [0.25, 0.3) is 0 Å². The van der Waals surface area contributed by atoms with Crippen LogP contribution in [0.5, 0.6) is 0 Å². The summed E-state index contributed by atoms with van der Waals surface area (Å²) in [4.78, 5) is 0. The third-order valence-corrected chi connectivity index (χ3v) is 4.02. The smallest absolute Gasteiger partial charge is 0.358 e. The van der Waals surface area contributed by atoms with Gasteiger partial charge in [0.15, 0.2) is 0 Å². The molecule has 0 heterocycles. The summed E-state index contributed by atoms with van der Waals surface area (Å²) in [6.07, 6.45) is 7.93. The molecule has 2 aliphatic carbocycles. The van der Waals surface area contributed by atoms with Crippen molar-refractivity contribution >= 4 is 0 Å². The van der Waals surface area contributed by atoms with Crippen molar-refractivity contribution in [2.75, 3.05) is 0 Å². The molecule has 0 saturated heterocycles. The maximum absolute atomic E-state index is 2.24. The fourth-order valence-electron chi connectivity index (χ4n) is 3.03. The van der Waals surface area contributed by atoms with Gasteiger partial charge in [0.2, 0.25) is 0 Å². The molecule has 0 spiro atoms. The summed E-state index contributed by atoms with van der Waals surface area (Å²) in [5.41, 5.74) is 6.27. The predicted octanol–water partition coefficient (Wildman–Crippen LogP) is 10.3. The average Bonchev–Trinajstić information content (AvgIpc) is 3.44. The number of hydrogen-bond acceptors (Lipinski definition) is 0. The molecule has 0 N–H and O–H groups in total. The van der Waals surface area contributed by atoms with Gasteiger partial charge in [-0.15, -0.1) is 0 Å². The van der Waals surface area contributed by atoms with Crippen LogP contribution in [0.15, 0.2) is 48.5 Å². The van der Waals surface area contributed by atoms with E-state index in [4.69, 9.17) is 0 Å². The molecule has 2 aromatic rings. The van der Waals surface area contributed by atoms with Crippen LogP contribution < -0.4 is 0 Å². The molecule has 0 fully saturated rings. The van der Waals surface area contributed by atoms with E-state index < -0.39 is 0 Å². The Hall–Kier alpha value is -0.183. The molecule has 32 heavy (non-hydrogen) atoms. The quantitative estimate of drug-likeness (QED) is 0.234. The van der Waals surface area contributed by atoms with E-state index in [-0.39, 0.29) is 71.8 Å². The molecule has 0 nitrogen and oxygen atoms in total. The van der Waals surface area contributed by atoms with Crippen LogP contribution in [0.25, 0.3) is 0 Å². The van der Waals surface area contributed by atoms with Crippen molar-refractivity contribution in [3.8, 4) is 0 Å². The Labute approximate surface area is 235 Å². The first-order chi connectivity index (χ1) is 12.9. The van der Waals surface area contributed by atoms with Crippen molar-refractivity contribution in [1.82, 2.24) is 0 Å². The van der Waals surface area contributed by atoms with Gasteiger partial charge in [-0.1, -0.05) is 104 Å². The van der Waals surface area contributed by atoms with Crippen LogP contribution in [-0.4, -0.2) is 0 Å². The molecule has 2 aromatic carbocycles. The molecule has 0 saturated carbocycles. The van der Waals surface area contributed by atoms with Crippen LogP contribution in [0, 0.1) is 29.7 Å². The SMILES string of the molecule is CC.CC.CC.CC.[CH3-].[CH3-].[CH3-].[CH3-].[W+2].[W+2].c1ccc2c(c1)CCC2.c1ccc2c(c1)CCC2. The minimum absolute atomic E-state index is 0. The third-order valence-electron chi connectivity index (χ3n) is 4.02. The van der Waals surface area contributed by atoms with Gasteiger partial charge in [-0.25, -0.2) is 0 Å². The van der Waals surface area contributed by atoms with Gasteiger partial charge in [0.05, 0.1) is 0 Å². The topological polar surface area (TPSA) is 0 Å². The first-order valence-corrected chi connectivity index (χ1v) is 11.1. The molecule has 0 radical (unpaired) electrons. The Balaban J connectivity index is -0.0000000401. The van der Waals surface area contributed by atoms with Crippen LogP contribution >= 0.6 is 0 Å². The number of aryl methyl sites for hydroxylation is 4. The summed E-state index contributed by atoms with van der Waals surface area (Å²) in [5.74, 6) is 0. The Morgan fingerprint density at radius 1 is 0.375 bits per heavy atom. The van der Waals surface area contributed by atoms with Crippen LogP contribution in [0.1, 0.15) is 90.5 Å². The molecule has 0 aromatic heterocycles. The van der Waals surface area contributed by atoms with Gasteiger partial charge in [-0.2, -0.15) is 0 Å². The zero-order valence-electron chi connectivity index (χ0n) is 23.7. The summed E-state index contributed by atoms with van der Waals surface area (Å²) in [6, 6.07) is 17.5. The van der Waals surface area contributed by atoms with Crippen molar-refractivity contribution < 1.29 is 42.1 Å². The van der Waals surface area contributed by atoms with Crippen molar-refractivity contribution in [3.63, 3.8) is 0 Å². The van der Waals surface area contributed by atoms with E-state index >= 15 is 0 Å². The second kappa shape index (κ2) is 41.1. The second-order valence-electron chi connectivity index (χ2n) is 5.24. The van der Waals surface area contributed by atoms with E-state index in [2.05, 4.69) is 48.5 Å². The molecule has 2 aliphatic rings. The minimum Gasteiger partial charge on any atom is -0.358 e. The van der Waals surface area contributed by atoms with Gasteiger partial charge >= 0.3 is 42.1 Å². The Morgan fingerprint density at radius 3 is 0.688 bits per heavy atom. The maximum Gasteiger partial charge on any atom is 2.00 e. The second-order valence-corrected chi connectivity index (χ2v) is 5.24. The van der Waals surface area contributed by atoms with Crippen molar-refractivity contribution in [2.45, 2.75) is 93.9 Å². The van der Waals surface area contributed by atoms with Gasteiger partial charge in [-0.3, -0.25) is 0 Å². The molecule has 0 amide bonds. The first-order valence-electron chi connectivity index (χ1n) is 11.1. The number of rotatable bonds is 0. The van der Waals surface area contributed by atoms with E-state index in [9.17, 15) is 0 Å². The standard InChI is InChI=1S/2C9H10.4C2H6.4CH3.2W/c2*1-2-5-9-7-3-6-8(9)4-1;4*1-2;;;;;;/h2*1-2,4-5H,3,6-7H2;4*1-2H3;4*1H3;;/q;;;;;;4*-1;2*+2. The average molecular weight is 784 g/mol. The molecule has 0 unspecified atom stereocenters. The third kappa shape index (κ3) is 21.7. The van der Waals surface area contributed by atoms with Crippen LogP contribution in [0.4, 0.5) is 0 Å². The van der Waals surface area contributed by atoms with E-state index in [1.807, 2.05) is 55.4 Å². The monoisotopic (exact) mass is 784 g/mol. The van der Waals surface area contributed by atoms with Crippen LogP contribution in [0.3, 0.4) is 0 Å². The summed E-state index contributed by atoms with van der Waals surface area (Å²) < 4.78 is 0.